The molecule has 6 nitrogen and oxygen atoms in total. The van der Waals surface area contributed by atoms with Crippen molar-refractivity contribution in [3.05, 3.63) is 156 Å². The van der Waals surface area contributed by atoms with Crippen LogP contribution >= 0.6 is 0 Å². The molecular formula is C33H26N2O4S. The molecule has 0 unspecified atom stereocenters. The summed E-state index contributed by atoms with van der Waals surface area (Å²) < 4.78 is 34.0. The molecule has 0 atom stereocenters. The molecule has 0 N–H and O–H groups in total. The van der Waals surface area contributed by atoms with E-state index in [0.717, 1.165) is 11.1 Å². The second-order valence-corrected chi connectivity index (χ2v) is 10.8. The molecule has 40 heavy (non-hydrogen) atoms. The number of rotatable bonds is 9. The molecule has 5 rings (SSSR count). The lowest BCUT2D eigenvalue weighted by Crippen LogP contribution is -2.30. The monoisotopic (exact) mass is 546 g/mol. The van der Waals surface area contributed by atoms with Gasteiger partial charge in [-0.1, -0.05) is 66.7 Å². The van der Waals surface area contributed by atoms with Gasteiger partial charge in [0.2, 0.25) is 0 Å². The van der Waals surface area contributed by atoms with Crippen LogP contribution in [0.2, 0.25) is 0 Å². The van der Waals surface area contributed by atoms with Crippen molar-refractivity contribution in [3.8, 4) is 5.75 Å². The zero-order valence-corrected chi connectivity index (χ0v) is 22.3. The van der Waals surface area contributed by atoms with Gasteiger partial charge in [0.1, 0.15) is 5.75 Å². The fourth-order valence-electron chi connectivity index (χ4n) is 4.00. The Morgan fingerprint density at radius 2 is 1.27 bits per heavy atom. The van der Waals surface area contributed by atoms with Crippen LogP contribution in [-0.2, 0) is 16.6 Å². The highest BCUT2D eigenvalue weighted by atomic mass is 32.2. The molecule has 0 aliphatic carbocycles. The van der Waals surface area contributed by atoms with E-state index in [4.69, 9.17) is 4.74 Å². The Morgan fingerprint density at radius 3 is 1.90 bits per heavy atom. The van der Waals surface area contributed by atoms with Crippen LogP contribution in [-0.4, -0.2) is 20.6 Å². The molecule has 7 heteroatoms. The Morgan fingerprint density at radius 1 is 0.700 bits per heavy atom. The third-order valence-corrected chi connectivity index (χ3v) is 7.89. The first-order valence-corrected chi connectivity index (χ1v) is 14.1. The molecule has 0 spiro atoms. The number of hydrogen-bond donors (Lipinski definition) is 0. The van der Waals surface area contributed by atoms with Crippen LogP contribution in [0.5, 0.6) is 5.75 Å². The van der Waals surface area contributed by atoms with Crippen LogP contribution in [0.1, 0.15) is 21.5 Å². The van der Waals surface area contributed by atoms with Crippen LogP contribution < -0.4 is 9.04 Å². The van der Waals surface area contributed by atoms with Crippen molar-refractivity contribution in [2.24, 2.45) is 4.99 Å². The van der Waals surface area contributed by atoms with Gasteiger partial charge in [-0.2, -0.15) is 0 Å². The molecule has 5 aromatic carbocycles. The SMILES string of the molecule is O=C(Oc1ccc(C=Nc2ccc(N(Cc3ccccc3)S(=O)(=O)c3ccccc3)cc2)cc1)c1ccccc1. The fraction of sp³-hybridized carbons (Fsp3) is 0.0303. The number of hydrogen-bond acceptors (Lipinski definition) is 5. The second-order valence-electron chi connectivity index (χ2n) is 8.91. The van der Waals surface area contributed by atoms with Crippen LogP contribution in [0.3, 0.4) is 0 Å². The van der Waals surface area contributed by atoms with Crippen LogP contribution in [0, 0.1) is 0 Å². The molecule has 0 saturated carbocycles. The average Bonchev–Trinajstić information content (AvgIpc) is 3.01. The van der Waals surface area contributed by atoms with Gasteiger partial charge in [0.25, 0.3) is 10.0 Å². The summed E-state index contributed by atoms with van der Waals surface area (Å²) in [6, 6.07) is 40.8. The quantitative estimate of drug-likeness (QED) is 0.113. The van der Waals surface area contributed by atoms with E-state index in [9.17, 15) is 13.2 Å². The molecule has 0 heterocycles. The summed E-state index contributed by atoms with van der Waals surface area (Å²) in [5.41, 5.74) is 3.38. The molecular weight excluding hydrogens is 520 g/mol. The molecule has 0 saturated heterocycles. The molecule has 0 fully saturated rings. The fourth-order valence-corrected chi connectivity index (χ4v) is 5.47. The van der Waals surface area contributed by atoms with E-state index in [1.165, 1.54) is 4.31 Å². The predicted octanol–water partition coefficient (Wildman–Crippen LogP) is 7.05. The molecule has 0 amide bonds. The predicted molar refractivity (Wildman–Crippen MR) is 158 cm³/mol. The number of benzene rings is 5. The lowest BCUT2D eigenvalue weighted by atomic mass is 10.2. The van der Waals surface area contributed by atoms with Crippen molar-refractivity contribution in [3.63, 3.8) is 0 Å². The maximum Gasteiger partial charge on any atom is 0.343 e. The third kappa shape index (κ3) is 6.51. The van der Waals surface area contributed by atoms with Gasteiger partial charge in [-0.05, 0) is 83.9 Å². The van der Waals surface area contributed by atoms with Gasteiger partial charge in [0.05, 0.1) is 28.4 Å². The van der Waals surface area contributed by atoms with E-state index >= 15 is 0 Å². The standard InChI is InChI=1S/C33H26N2O4S/c36-33(28-12-6-2-7-13-28)39-31-22-16-26(17-23-31)24-34-29-18-20-30(21-19-29)35(25-27-10-4-1-5-11-27)40(37,38)32-14-8-3-9-15-32/h1-24H,25H2. The number of esters is 1. The Labute approximate surface area is 233 Å². The zero-order valence-electron chi connectivity index (χ0n) is 21.5. The number of sulfonamides is 1. The lowest BCUT2D eigenvalue weighted by molar-refractivity contribution is 0.0734. The Kier molecular flexibility index (Phi) is 8.13. The van der Waals surface area contributed by atoms with Crippen LogP contribution in [0.25, 0.3) is 0 Å². The molecule has 5 aromatic rings. The van der Waals surface area contributed by atoms with E-state index in [1.54, 1.807) is 109 Å². The van der Waals surface area contributed by atoms with E-state index in [0.29, 0.717) is 22.7 Å². The third-order valence-electron chi connectivity index (χ3n) is 6.10. The van der Waals surface area contributed by atoms with Gasteiger partial charge in [0, 0.05) is 6.21 Å². The molecule has 0 aliphatic heterocycles. The Balaban J connectivity index is 1.31. The molecule has 0 aromatic heterocycles. The Hall–Kier alpha value is -5.01. The first-order valence-electron chi connectivity index (χ1n) is 12.6. The number of ether oxygens (including phenoxy) is 1. The molecule has 0 bridgehead atoms. The number of nitrogens with zero attached hydrogens (tertiary/aromatic N) is 2. The van der Waals surface area contributed by atoms with Crippen molar-refractivity contribution >= 4 is 33.6 Å². The minimum Gasteiger partial charge on any atom is -0.423 e. The normalized spacial score (nSPS) is 11.3. The van der Waals surface area contributed by atoms with Crippen LogP contribution in [0.15, 0.2) is 149 Å². The topological polar surface area (TPSA) is 76.0 Å². The van der Waals surface area contributed by atoms with Gasteiger partial charge in [-0.25, -0.2) is 13.2 Å². The maximum atomic E-state index is 13.6. The van der Waals surface area contributed by atoms with Crippen molar-refractivity contribution in [1.29, 1.82) is 0 Å². The summed E-state index contributed by atoms with van der Waals surface area (Å²) >= 11 is 0. The first kappa shape index (κ1) is 26.6. The Bertz CT molecular complexity index is 1690. The summed E-state index contributed by atoms with van der Waals surface area (Å²) in [6.07, 6.45) is 1.69. The molecule has 198 valence electrons. The van der Waals surface area contributed by atoms with E-state index < -0.39 is 16.0 Å². The summed E-state index contributed by atoms with van der Waals surface area (Å²) in [6.45, 7) is 0.196. The highest BCUT2D eigenvalue weighted by molar-refractivity contribution is 7.92. The number of carbonyl (C=O) groups is 1. The molecule has 0 aliphatic rings. The number of anilines is 1. The van der Waals surface area contributed by atoms with Gasteiger partial charge in [-0.15, -0.1) is 0 Å². The maximum absolute atomic E-state index is 13.6. The summed E-state index contributed by atoms with van der Waals surface area (Å²) in [5.74, 6) is 0.0196. The first-order chi connectivity index (χ1) is 19.5. The van der Waals surface area contributed by atoms with Gasteiger partial charge >= 0.3 is 5.97 Å². The van der Waals surface area contributed by atoms with Crippen LogP contribution in [0.4, 0.5) is 11.4 Å². The van der Waals surface area contributed by atoms with Crippen molar-refractivity contribution in [2.45, 2.75) is 11.4 Å². The van der Waals surface area contributed by atoms with Gasteiger partial charge in [0.15, 0.2) is 0 Å². The lowest BCUT2D eigenvalue weighted by Gasteiger charge is -2.25. The summed E-state index contributed by atoms with van der Waals surface area (Å²) in [7, 11) is -3.79. The van der Waals surface area contributed by atoms with Gasteiger partial charge < -0.3 is 4.74 Å². The minimum atomic E-state index is -3.79. The summed E-state index contributed by atoms with van der Waals surface area (Å²) in [5, 5.41) is 0. The number of carbonyl (C=O) groups excluding carboxylic acids is 1. The second kappa shape index (κ2) is 12.2. The minimum absolute atomic E-state index is 0.196. The van der Waals surface area contributed by atoms with E-state index in [-0.39, 0.29) is 11.4 Å². The highest BCUT2D eigenvalue weighted by Gasteiger charge is 2.25. The van der Waals surface area contributed by atoms with Gasteiger partial charge in [-0.3, -0.25) is 9.30 Å². The average molecular weight is 547 g/mol. The number of aliphatic imine (C=N–C) groups is 1. The highest BCUT2D eigenvalue weighted by Crippen LogP contribution is 2.28. The largest absolute Gasteiger partial charge is 0.423 e. The zero-order chi connectivity index (χ0) is 27.8. The molecule has 0 radical (unpaired) electrons. The van der Waals surface area contributed by atoms with Crippen molar-refractivity contribution < 1.29 is 17.9 Å². The van der Waals surface area contributed by atoms with E-state index in [2.05, 4.69) is 4.99 Å². The van der Waals surface area contributed by atoms with Crippen molar-refractivity contribution in [2.75, 3.05) is 4.31 Å². The summed E-state index contributed by atoms with van der Waals surface area (Å²) in [4.78, 5) is 17.0. The van der Waals surface area contributed by atoms with E-state index in [1.807, 2.05) is 36.4 Å². The smallest absolute Gasteiger partial charge is 0.343 e. The van der Waals surface area contributed by atoms with Crippen molar-refractivity contribution in [1.82, 2.24) is 0 Å².